The van der Waals surface area contributed by atoms with Crippen molar-refractivity contribution in [1.82, 2.24) is 9.62 Å². The fourth-order valence-corrected chi connectivity index (χ4v) is 2.67. The van der Waals surface area contributed by atoms with E-state index >= 15 is 0 Å². The number of carbonyl (C=O) groups excluding carboxylic acids is 2. The van der Waals surface area contributed by atoms with Crippen LogP contribution in [0.25, 0.3) is 0 Å². The molecule has 0 spiro atoms. The summed E-state index contributed by atoms with van der Waals surface area (Å²) in [6.45, 7) is -0.533. The largest absolute Gasteiger partial charge is 1.00 e. The molecule has 10 heteroatoms. The van der Waals surface area contributed by atoms with Gasteiger partial charge >= 0.3 is 51.4 Å². The van der Waals surface area contributed by atoms with E-state index in [1.54, 1.807) is 30.3 Å². The van der Waals surface area contributed by atoms with Crippen LogP contribution in [0, 0.1) is 0 Å². The molecule has 1 atom stereocenters. The Hall–Kier alpha value is -0.334. The third kappa shape index (κ3) is 4.14. The van der Waals surface area contributed by atoms with Crippen LogP contribution in [-0.2, 0) is 31.1 Å². The van der Waals surface area contributed by atoms with E-state index in [0.717, 1.165) is 12.7 Å². The Labute approximate surface area is 170 Å². The second-order valence-electron chi connectivity index (χ2n) is 4.51. The van der Waals surface area contributed by atoms with Crippen LogP contribution in [0.5, 0.6) is 0 Å². The van der Waals surface area contributed by atoms with Crippen molar-refractivity contribution >= 4 is 22.1 Å². The molecule has 8 nitrogen and oxygen atoms in total. The summed E-state index contributed by atoms with van der Waals surface area (Å²) in [6.07, 6.45) is 0.00333. The number of β-lactam (4-membered cyclic amide) rings is 1. The first-order valence-corrected chi connectivity index (χ1v) is 7.33. The molecule has 1 N–H and O–H groups in total. The molecule has 1 aliphatic rings. The van der Waals surface area contributed by atoms with Gasteiger partial charge in [0.05, 0.1) is 13.0 Å². The summed E-state index contributed by atoms with van der Waals surface area (Å²) in [5.74, 6) is -1.61. The second kappa shape index (κ2) is 7.49. The third-order valence-corrected chi connectivity index (χ3v) is 3.94. The summed E-state index contributed by atoms with van der Waals surface area (Å²) < 4.78 is 37.4. The van der Waals surface area contributed by atoms with Crippen LogP contribution >= 0.6 is 0 Å². The van der Waals surface area contributed by atoms with E-state index in [1.807, 2.05) is 0 Å². The van der Waals surface area contributed by atoms with Crippen LogP contribution in [0.3, 0.4) is 0 Å². The van der Waals surface area contributed by atoms with E-state index in [4.69, 9.17) is 4.74 Å². The van der Waals surface area contributed by atoms with Crippen molar-refractivity contribution in [2.45, 2.75) is 12.1 Å². The third-order valence-electron chi connectivity index (χ3n) is 3.11. The van der Waals surface area contributed by atoms with Gasteiger partial charge in [-0.15, -0.1) is 0 Å². The molecule has 1 aliphatic heterocycles. The van der Waals surface area contributed by atoms with Crippen molar-refractivity contribution in [1.29, 1.82) is 0 Å². The Bertz CT molecular complexity index is 665. The zero-order chi connectivity index (χ0) is 15.7. The van der Waals surface area contributed by atoms with E-state index < -0.39 is 34.4 Å². The maximum Gasteiger partial charge on any atom is 1.00 e. The molecule has 1 aromatic rings. The summed E-state index contributed by atoms with van der Waals surface area (Å²) in [6, 6.07) is 8.78. The number of benzene rings is 1. The molecule has 2 amide bonds. The Morgan fingerprint density at radius 2 is 2.00 bits per heavy atom. The summed E-state index contributed by atoms with van der Waals surface area (Å²) in [4.78, 5) is 23.6. The van der Waals surface area contributed by atoms with Crippen LogP contribution in [0.2, 0.25) is 0 Å². The second-order valence-corrected chi connectivity index (χ2v) is 5.81. The molecule has 0 aliphatic carbocycles. The number of methoxy groups -OCH3 is 1. The average Bonchev–Trinajstić information content (AvgIpc) is 2.42. The van der Waals surface area contributed by atoms with Gasteiger partial charge < -0.3 is 14.6 Å². The maximum atomic E-state index is 11.9. The molecule has 1 fully saturated rings. The van der Waals surface area contributed by atoms with E-state index in [2.05, 4.69) is 5.32 Å². The van der Waals surface area contributed by atoms with Gasteiger partial charge in [0.1, 0.15) is 0 Å². The van der Waals surface area contributed by atoms with Gasteiger partial charge in [-0.3, -0.25) is 9.59 Å². The molecule has 0 aromatic heterocycles. The Balaban J connectivity index is 0.00000242. The fourth-order valence-electron chi connectivity index (χ4n) is 1.98. The number of hydrogen-bond donors (Lipinski definition) is 1. The van der Waals surface area contributed by atoms with Crippen molar-refractivity contribution in [3.05, 3.63) is 35.9 Å². The summed E-state index contributed by atoms with van der Waals surface area (Å²) in [5.41, 5.74) is -1.06. The molecule has 114 valence electrons. The van der Waals surface area contributed by atoms with Crippen molar-refractivity contribution in [3.63, 3.8) is 0 Å². The van der Waals surface area contributed by atoms with Gasteiger partial charge in [0, 0.05) is 7.11 Å². The molecule has 0 radical (unpaired) electrons. The first-order valence-electron chi connectivity index (χ1n) is 5.96. The monoisotopic (exact) mass is 352 g/mol. The molecular formula is C12H13KN2O6S. The normalized spacial score (nSPS) is 20.8. The van der Waals surface area contributed by atoms with Crippen molar-refractivity contribution in [3.8, 4) is 0 Å². The summed E-state index contributed by atoms with van der Waals surface area (Å²) >= 11 is 0. The van der Waals surface area contributed by atoms with Crippen molar-refractivity contribution < 1.29 is 78.7 Å². The van der Waals surface area contributed by atoms with Crippen LogP contribution in [0.15, 0.2) is 30.3 Å². The number of nitrogens with zero attached hydrogens (tertiary/aromatic N) is 1. The van der Waals surface area contributed by atoms with Crippen molar-refractivity contribution in [2.75, 3.05) is 13.7 Å². The van der Waals surface area contributed by atoms with E-state index in [1.165, 1.54) is 0 Å². The fraction of sp³-hybridized carbons (Fsp3) is 0.333. The van der Waals surface area contributed by atoms with E-state index in [0.29, 0.717) is 0 Å². The number of nitrogens with one attached hydrogen (secondary N) is 1. The number of rotatable bonds is 5. The van der Waals surface area contributed by atoms with Gasteiger partial charge in [0.25, 0.3) is 5.91 Å². The van der Waals surface area contributed by atoms with Crippen molar-refractivity contribution in [2.24, 2.45) is 0 Å². The average molecular weight is 352 g/mol. The quantitative estimate of drug-likeness (QED) is 0.250. The number of carbonyl (C=O) groups is 2. The van der Waals surface area contributed by atoms with Gasteiger partial charge in [-0.25, -0.2) is 12.7 Å². The molecule has 2 rings (SSSR count). The molecule has 0 unspecified atom stereocenters. The van der Waals surface area contributed by atoms with Crippen LogP contribution in [0.4, 0.5) is 0 Å². The Morgan fingerprint density at radius 1 is 1.41 bits per heavy atom. The van der Waals surface area contributed by atoms with Gasteiger partial charge in [0.15, 0.2) is 10.3 Å². The molecule has 22 heavy (non-hydrogen) atoms. The Morgan fingerprint density at radius 3 is 2.45 bits per heavy atom. The van der Waals surface area contributed by atoms with E-state index in [-0.39, 0.29) is 62.1 Å². The van der Waals surface area contributed by atoms with Crippen LogP contribution < -0.4 is 56.7 Å². The predicted octanol–water partition coefficient (Wildman–Crippen LogP) is -4.01. The number of hydrogen-bond acceptors (Lipinski definition) is 6. The maximum absolute atomic E-state index is 11.9. The molecule has 0 bridgehead atoms. The van der Waals surface area contributed by atoms with Gasteiger partial charge in [0.2, 0.25) is 11.6 Å². The van der Waals surface area contributed by atoms with Crippen LogP contribution in [0.1, 0.15) is 5.56 Å². The standard InChI is InChI=1S/C12H14N2O6S.K/c1-20-12(8-14(11(12)16)21(17,18)19)13-10(15)7-9-5-3-2-4-6-9;/h2-6H,7-8H2,1H3,(H,13,15)(H,17,18,19);/q;+1/p-1/t12-;/m1./s1. The minimum absolute atomic E-state index is 0. The van der Waals surface area contributed by atoms with Crippen LogP contribution in [-0.4, -0.2) is 48.5 Å². The number of amides is 2. The molecule has 0 saturated carbocycles. The first kappa shape index (κ1) is 19.7. The Kier molecular flexibility index (Phi) is 6.71. The topological polar surface area (TPSA) is 116 Å². The SMILES string of the molecule is CO[C@]1(NC(=O)Cc2ccccc2)CN(S(=O)(=O)[O-])C1=O.[K+]. The van der Waals surface area contributed by atoms with E-state index in [9.17, 15) is 22.6 Å². The molecule has 1 aromatic carbocycles. The smallest absolute Gasteiger partial charge is 0.731 e. The molecule has 1 saturated heterocycles. The first-order chi connectivity index (χ1) is 9.78. The zero-order valence-electron chi connectivity index (χ0n) is 12.1. The zero-order valence-corrected chi connectivity index (χ0v) is 16.0. The van der Waals surface area contributed by atoms with Gasteiger partial charge in [-0.05, 0) is 5.56 Å². The number of ether oxygens (including phenoxy) is 1. The summed E-state index contributed by atoms with van der Waals surface area (Å²) in [5, 5.41) is 2.32. The predicted molar refractivity (Wildman–Crippen MR) is 69.4 cm³/mol. The van der Waals surface area contributed by atoms with Gasteiger partial charge in [-0.1, -0.05) is 30.3 Å². The minimum Gasteiger partial charge on any atom is -0.731 e. The molecule has 1 heterocycles. The van der Waals surface area contributed by atoms with Gasteiger partial charge in [-0.2, -0.15) is 0 Å². The minimum atomic E-state index is -4.89. The summed E-state index contributed by atoms with van der Waals surface area (Å²) in [7, 11) is -3.74. The molecular weight excluding hydrogens is 339 g/mol.